The van der Waals surface area contributed by atoms with E-state index in [1.807, 2.05) is 35.9 Å². The number of rotatable bonds is 3. The van der Waals surface area contributed by atoms with Crippen LogP contribution in [-0.4, -0.2) is 5.91 Å². The summed E-state index contributed by atoms with van der Waals surface area (Å²) in [6.45, 7) is 4.05. The molecule has 1 N–H and O–H groups in total. The number of nitrogens with one attached hydrogen (secondary N) is 1. The van der Waals surface area contributed by atoms with Gasteiger partial charge in [0, 0.05) is 5.38 Å². The SMILES string of the molecule is Cc1ccc(C(C)NC(=O)c2ccsc2)cc1. The van der Waals surface area contributed by atoms with Crippen molar-refractivity contribution in [2.45, 2.75) is 19.9 Å². The minimum atomic E-state index is -0.0145. The molecule has 1 unspecified atom stereocenters. The summed E-state index contributed by atoms with van der Waals surface area (Å²) in [5.41, 5.74) is 3.08. The average molecular weight is 245 g/mol. The van der Waals surface area contributed by atoms with Gasteiger partial charge < -0.3 is 5.32 Å². The van der Waals surface area contributed by atoms with Crippen LogP contribution >= 0.6 is 11.3 Å². The van der Waals surface area contributed by atoms with Crippen molar-refractivity contribution in [3.63, 3.8) is 0 Å². The second-order valence-electron chi connectivity index (χ2n) is 4.12. The van der Waals surface area contributed by atoms with Crippen LogP contribution in [0, 0.1) is 6.92 Å². The van der Waals surface area contributed by atoms with E-state index in [4.69, 9.17) is 0 Å². The van der Waals surface area contributed by atoms with Gasteiger partial charge in [-0.3, -0.25) is 4.79 Å². The van der Waals surface area contributed by atoms with Crippen LogP contribution in [0.3, 0.4) is 0 Å². The van der Waals surface area contributed by atoms with Crippen molar-refractivity contribution in [2.24, 2.45) is 0 Å². The summed E-state index contributed by atoms with van der Waals surface area (Å²) in [4.78, 5) is 11.9. The van der Waals surface area contributed by atoms with Crippen LogP contribution in [-0.2, 0) is 0 Å². The maximum absolute atomic E-state index is 11.9. The van der Waals surface area contributed by atoms with Gasteiger partial charge in [-0.05, 0) is 30.9 Å². The molecule has 0 aliphatic rings. The Morgan fingerprint density at radius 2 is 1.94 bits per heavy atom. The van der Waals surface area contributed by atoms with Gasteiger partial charge in [-0.2, -0.15) is 11.3 Å². The highest BCUT2D eigenvalue weighted by atomic mass is 32.1. The maximum atomic E-state index is 11.9. The predicted molar refractivity (Wildman–Crippen MR) is 71.4 cm³/mol. The van der Waals surface area contributed by atoms with Crippen molar-refractivity contribution in [1.29, 1.82) is 0 Å². The Balaban J connectivity index is 2.04. The fourth-order valence-electron chi connectivity index (χ4n) is 1.61. The van der Waals surface area contributed by atoms with E-state index in [2.05, 4.69) is 24.4 Å². The van der Waals surface area contributed by atoms with E-state index in [1.165, 1.54) is 16.9 Å². The zero-order chi connectivity index (χ0) is 12.3. The molecule has 0 radical (unpaired) electrons. The number of aryl methyl sites for hydroxylation is 1. The summed E-state index contributed by atoms with van der Waals surface area (Å²) in [7, 11) is 0. The monoisotopic (exact) mass is 245 g/mol. The maximum Gasteiger partial charge on any atom is 0.252 e. The van der Waals surface area contributed by atoms with E-state index in [1.54, 1.807) is 0 Å². The highest BCUT2D eigenvalue weighted by molar-refractivity contribution is 7.08. The Labute approximate surface area is 105 Å². The molecule has 0 saturated carbocycles. The molecule has 1 amide bonds. The highest BCUT2D eigenvalue weighted by Crippen LogP contribution is 2.14. The van der Waals surface area contributed by atoms with E-state index in [-0.39, 0.29) is 11.9 Å². The lowest BCUT2D eigenvalue weighted by Crippen LogP contribution is -2.26. The van der Waals surface area contributed by atoms with Crippen LogP contribution in [0.2, 0.25) is 0 Å². The third kappa shape index (κ3) is 2.94. The Morgan fingerprint density at radius 3 is 2.53 bits per heavy atom. The molecule has 1 heterocycles. The van der Waals surface area contributed by atoms with Gasteiger partial charge >= 0.3 is 0 Å². The number of hydrogen-bond acceptors (Lipinski definition) is 2. The molecule has 0 fully saturated rings. The third-order valence-corrected chi connectivity index (χ3v) is 3.39. The second kappa shape index (κ2) is 5.15. The number of carbonyl (C=O) groups is 1. The van der Waals surface area contributed by atoms with Gasteiger partial charge in [-0.15, -0.1) is 0 Å². The number of carbonyl (C=O) groups excluding carboxylic acids is 1. The number of thiophene rings is 1. The molecule has 2 rings (SSSR count). The van der Waals surface area contributed by atoms with Crippen molar-refractivity contribution >= 4 is 17.2 Å². The Bertz CT molecular complexity index is 487. The lowest BCUT2D eigenvalue weighted by atomic mass is 10.1. The van der Waals surface area contributed by atoms with Crippen LogP contribution in [0.25, 0.3) is 0 Å². The van der Waals surface area contributed by atoms with Gasteiger partial charge in [-0.1, -0.05) is 29.8 Å². The molecule has 0 bridgehead atoms. The molecule has 2 nitrogen and oxygen atoms in total. The summed E-state index contributed by atoms with van der Waals surface area (Å²) in [6, 6.07) is 10.1. The predicted octanol–water partition coefficient (Wildman–Crippen LogP) is 3.55. The molecule has 3 heteroatoms. The molecule has 0 aliphatic heterocycles. The largest absolute Gasteiger partial charge is 0.345 e. The number of benzene rings is 1. The van der Waals surface area contributed by atoms with Crippen LogP contribution in [0.15, 0.2) is 41.1 Å². The fraction of sp³-hybridized carbons (Fsp3) is 0.214. The normalized spacial score (nSPS) is 12.1. The van der Waals surface area contributed by atoms with Crippen molar-refractivity contribution in [3.05, 3.63) is 57.8 Å². The van der Waals surface area contributed by atoms with Gasteiger partial charge in [-0.25, -0.2) is 0 Å². The topological polar surface area (TPSA) is 29.1 Å². The van der Waals surface area contributed by atoms with Gasteiger partial charge in [0.2, 0.25) is 0 Å². The molecule has 1 atom stereocenters. The zero-order valence-electron chi connectivity index (χ0n) is 9.94. The first kappa shape index (κ1) is 11.9. The van der Waals surface area contributed by atoms with Crippen molar-refractivity contribution in [1.82, 2.24) is 5.32 Å². The molecule has 0 saturated heterocycles. The highest BCUT2D eigenvalue weighted by Gasteiger charge is 2.11. The van der Waals surface area contributed by atoms with E-state index >= 15 is 0 Å². The minimum absolute atomic E-state index is 0.0145. The molecular weight excluding hydrogens is 230 g/mol. The Kier molecular flexibility index (Phi) is 3.59. The second-order valence-corrected chi connectivity index (χ2v) is 4.90. The summed E-state index contributed by atoms with van der Waals surface area (Å²) in [5, 5.41) is 6.75. The van der Waals surface area contributed by atoms with Crippen molar-refractivity contribution < 1.29 is 4.79 Å². The van der Waals surface area contributed by atoms with Gasteiger partial charge in [0.15, 0.2) is 0 Å². The Morgan fingerprint density at radius 1 is 1.24 bits per heavy atom. The fourth-order valence-corrected chi connectivity index (χ4v) is 2.25. The van der Waals surface area contributed by atoms with Crippen molar-refractivity contribution in [2.75, 3.05) is 0 Å². The molecule has 1 aromatic carbocycles. The van der Waals surface area contributed by atoms with Crippen LogP contribution < -0.4 is 5.32 Å². The molecule has 88 valence electrons. The average Bonchev–Trinajstić information content (AvgIpc) is 2.83. The lowest BCUT2D eigenvalue weighted by Gasteiger charge is -2.14. The number of hydrogen-bond donors (Lipinski definition) is 1. The third-order valence-electron chi connectivity index (χ3n) is 2.71. The lowest BCUT2D eigenvalue weighted by molar-refractivity contribution is 0.0940. The summed E-state index contributed by atoms with van der Waals surface area (Å²) >= 11 is 1.53. The number of amides is 1. The first-order valence-electron chi connectivity index (χ1n) is 5.56. The summed E-state index contributed by atoms with van der Waals surface area (Å²) < 4.78 is 0. The molecule has 0 spiro atoms. The van der Waals surface area contributed by atoms with E-state index in [9.17, 15) is 4.79 Å². The minimum Gasteiger partial charge on any atom is -0.345 e. The smallest absolute Gasteiger partial charge is 0.252 e. The van der Waals surface area contributed by atoms with Crippen molar-refractivity contribution in [3.8, 4) is 0 Å². The molecule has 2 aromatic rings. The summed E-state index contributed by atoms with van der Waals surface area (Å²) in [5.74, 6) is -0.0145. The van der Waals surface area contributed by atoms with E-state index < -0.39 is 0 Å². The molecule has 17 heavy (non-hydrogen) atoms. The summed E-state index contributed by atoms with van der Waals surface area (Å²) in [6.07, 6.45) is 0. The zero-order valence-corrected chi connectivity index (χ0v) is 10.8. The van der Waals surface area contributed by atoms with Gasteiger partial charge in [0.25, 0.3) is 5.91 Å². The van der Waals surface area contributed by atoms with E-state index in [0.717, 1.165) is 11.1 Å². The van der Waals surface area contributed by atoms with E-state index in [0.29, 0.717) is 0 Å². The first-order chi connectivity index (χ1) is 8.16. The standard InChI is InChI=1S/C14H15NOS/c1-10-3-5-12(6-4-10)11(2)15-14(16)13-7-8-17-9-13/h3-9,11H,1-2H3,(H,15,16). The molecule has 1 aromatic heterocycles. The van der Waals surface area contributed by atoms with Crippen LogP contribution in [0.1, 0.15) is 34.5 Å². The van der Waals surface area contributed by atoms with Gasteiger partial charge in [0.05, 0.1) is 11.6 Å². The quantitative estimate of drug-likeness (QED) is 0.880. The molecular formula is C14H15NOS. The molecule has 0 aliphatic carbocycles. The van der Waals surface area contributed by atoms with Crippen LogP contribution in [0.4, 0.5) is 0 Å². The van der Waals surface area contributed by atoms with Crippen LogP contribution in [0.5, 0.6) is 0 Å². The first-order valence-corrected chi connectivity index (χ1v) is 6.51. The Hall–Kier alpha value is -1.61. The van der Waals surface area contributed by atoms with Gasteiger partial charge in [0.1, 0.15) is 0 Å².